The summed E-state index contributed by atoms with van der Waals surface area (Å²) in [5.41, 5.74) is 5.51. The molecular formula is C20H12F2N4O2. The molecule has 6 nitrogen and oxygen atoms in total. The van der Waals surface area contributed by atoms with Crippen molar-refractivity contribution in [2.45, 2.75) is 6.61 Å². The average Bonchev–Trinajstić information content (AvgIpc) is 2.69. The number of aromatic amines is 1. The van der Waals surface area contributed by atoms with Gasteiger partial charge in [-0.05, 0) is 23.3 Å². The van der Waals surface area contributed by atoms with Crippen LogP contribution in [0.2, 0.25) is 0 Å². The molecule has 3 rings (SSSR count). The van der Waals surface area contributed by atoms with Gasteiger partial charge in [0.1, 0.15) is 35.7 Å². The Morgan fingerprint density at radius 3 is 2.46 bits per heavy atom. The minimum Gasteiger partial charge on any atom is -0.486 e. The highest BCUT2D eigenvalue weighted by Crippen LogP contribution is 2.31. The molecule has 1 aromatic heterocycles. The highest BCUT2D eigenvalue weighted by Gasteiger charge is 2.20. The second-order valence-electron chi connectivity index (χ2n) is 5.71. The minimum absolute atomic E-state index is 0.0603. The molecule has 0 aliphatic rings. The third kappa shape index (κ3) is 3.27. The lowest BCUT2D eigenvalue weighted by Gasteiger charge is -2.14. The Bertz CT molecular complexity index is 1210. The van der Waals surface area contributed by atoms with Gasteiger partial charge in [0.05, 0.1) is 0 Å². The van der Waals surface area contributed by atoms with Gasteiger partial charge in [0, 0.05) is 5.56 Å². The Labute approximate surface area is 158 Å². The van der Waals surface area contributed by atoms with Crippen LogP contribution in [0, 0.1) is 34.3 Å². The van der Waals surface area contributed by atoms with Crippen molar-refractivity contribution in [3.05, 3.63) is 81.1 Å². The van der Waals surface area contributed by atoms with Crippen LogP contribution in [0.15, 0.2) is 47.3 Å². The van der Waals surface area contributed by atoms with E-state index in [9.17, 15) is 24.1 Å². The van der Waals surface area contributed by atoms with Gasteiger partial charge >= 0.3 is 0 Å². The first-order valence-electron chi connectivity index (χ1n) is 7.99. The summed E-state index contributed by atoms with van der Waals surface area (Å²) in [6.07, 6.45) is 0. The average molecular weight is 378 g/mol. The minimum atomic E-state index is -1.13. The van der Waals surface area contributed by atoms with Crippen molar-refractivity contribution in [3.8, 4) is 29.0 Å². The summed E-state index contributed by atoms with van der Waals surface area (Å²) in [6, 6.07) is 13.7. The van der Waals surface area contributed by atoms with Gasteiger partial charge in [0.2, 0.25) is 5.82 Å². The second-order valence-corrected chi connectivity index (χ2v) is 5.71. The molecule has 0 atom stereocenters. The fourth-order valence-corrected chi connectivity index (χ4v) is 2.75. The van der Waals surface area contributed by atoms with Gasteiger partial charge in [-0.15, -0.1) is 0 Å². The molecule has 0 fully saturated rings. The fourth-order valence-electron chi connectivity index (χ4n) is 2.75. The molecular weight excluding hydrogens is 366 g/mol. The second kappa shape index (κ2) is 7.60. The van der Waals surface area contributed by atoms with Crippen molar-refractivity contribution in [2.75, 3.05) is 5.73 Å². The van der Waals surface area contributed by atoms with Gasteiger partial charge in [-0.3, -0.25) is 4.79 Å². The molecule has 2 aromatic carbocycles. The molecule has 138 valence electrons. The third-order valence-corrected chi connectivity index (χ3v) is 4.05. The largest absolute Gasteiger partial charge is 0.486 e. The monoisotopic (exact) mass is 378 g/mol. The highest BCUT2D eigenvalue weighted by molar-refractivity contribution is 5.81. The van der Waals surface area contributed by atoms with E-state index >= 15 is 0 Å². The number of nitrogen functional groups attached to an aromatic ring is 1. The summed E-state index contributed by atoms with van der Waals surface area (Å²) in [5.74, 6) is -2.64. The number of nitriles is 2. The van der Waals surface area contributed by atoms with Crippen LogP contribution in [0.1, 0.15) is 16.7 Å². The van der Waals surface area contributed by atoms with E-state index in [0.29, 0.717) is 11.1 Å². The van der Waals surface area contributed by atoms with Crippen molar-refractivity contribution in [2.24, 2.45) is 0 Å². The number of ether oxygens (including phenoxy) is 1. The summed E-state index contributed by atoms with van der Waals surface area (Å²) < 4.78 is 32.6. The van der Waals surface area contributed by atoms with E-state index in [4.69, 9.17) is 10.5 Å². The summed E-state index contributed by atoms with van der Waals surface area (Å²) in [4.78, 5) is 14.4. The van der Waals surface area contributed by atoms with Crippen LogP contribution in [0.4, 0.5) is 14.6 Å². The summed E-state index contributed by atoms with van der Waals surface area (Å²) in [7, 11) is 0. The number of halogens is 2. The van der Waals surface area contributed by atoms with Gasteiger partial charge in [-0.25, -0.2) is 4.39 Å². The van der Waals surface area contributed by atoms with E-state index in [2.05, 4.69) is 4.98 Å². The van der Waals surface area contributed by atoms with Crippen molar-refractivity contribution in [1.29, 1.82) is 10.5 Å². The number of H-pyrrole nitrogens is 1. The number of nitrogens with two attached hydrogens (primary N) is 1. The molecule has 0 spiro atoms. The fraction of sp³-hybridized carbons (Fsp3) is 0.0500. The van der Waals surface area contributed by atoms with Crippen LogP contribution < -0.4 is 16.0 Å². The third-order valence-electron chi connectivity index (χ3n) is 4.05. The molecule has 0 bridgehead atoms. The van der Waals surface area contributed by atoms with Gasteiger partial charge in [-0.2, -0.15) is 14.9 Å². The molecule has 1 heterocycles. The van der Waals surface area contributed by atoms with Crippen LogP contribution in [-0.2, 0) is 6.61 Å². The van der Waals surface area contributed by atoms with Crippen LogP contribution in [0.25, 0.3) is 11.1 Å². The zero-order chi connectivity index (χ0) is 20.3. The Hall–Kier alpha value is -4.17. The van der Waals surface area contributed by atoms with Gasteiger partial charge < -0.3 is 15.5 Å². The molecule has 0 amide bonds. The SMILES string of the molecule is N#Cc1c(N)[nH]c(=O)c(C#N)c1-c1ccccc1COc1cccc(F)c1F. The number of aromatic nitrogens is 1. The molecule has 0 saturated heterocycles. The summed E-state index contributed by atoms with van der Waals surface area (Å²) >= 11 is 0. The first kappa shape index (κ1) is 18.6. The molecule has 28 heavy (non-hydrogen) atoms. The molecule has 0 aliphatic carbocycles. The topological polar surface area (TPSA) is 116 Å². The molecule has 3 aromatic rings. The zero-order valence-electron chi connectivity index (χ0n) is 14.3. The number of pyridine rings is 1. The number of anilines is 1. The van der Waals surface area contributed by atoms with Crippen LogP contribution in [0.5, 0.6) is 5.75 Å². The zero-order valence-corrected chi connectivity index (χ0v) is 14.3. The van der Waals surface area contributed by atoms with E-state index < -0.39 is 17.2 Å². The maximum absolute atomic E-state index is 13.8. The van der Waals surface area contributed by atoms with Crippen LogP contribution in [0.3, 0.4) is 0 Å². The first-order chi connectivity index (χ1) is 13.5. The van der Waals surface area contributed by atoms with Crippen molar-refractivity contribution >= 4 is 5.82 Å². The predicted molar refractivity (Wildman–Crippen MR) is 97.0 cm³/mol. The lowest BCUT2D eigenvalue weighted by atomic mass is 9.93. The van der Waals surface area contributed by atoms with E-state index in [0.717, 1.165) is 6.07 Å². The summed E-state index contributed by atoms with van der Waals surface area (Å²) in [6.45, 7) is -0.195. The first-order valence-corrected chi connectivity index (χ1v) is 7.99. The van der Waals surface area contributed by atoms with Crippen molar-refractivity contribution < 1.29 is 13.5 Å². The Balaban J connectivity index is 2.12. The van der Waals surface area contributed by atoms with E-state index in [1.807, 2.05) is 6.07 Å². The van der Waals surface area contributed by atoms with E-state index in [1.165, 1.54) is 12.1 Å². The molecule has 0 aliphatic heterocycles. The van der Waals surface area contributed by atoms with Gasteiger partial charge in [0.25, 0.3) is 5.56 Å². The number of benzene rings is 2. The van der Waals surface area contributed by atoms with Crippen LogP contribution >= 0.6 is 0 Å². The standard InChI is InChI=1S/C20H12F2N4O2/c21-15-6-3-7-16(18(15)22)28-10-11-4-1-2-5-12(11)17-13(8-23)19(25)26-20(27)14(17)9-24/h1-7H,10H2,(H3,25,26,27). The quantitative estimate of drug-likeness (QED) is 0.723. The predicted octanol–water partition coefficient (Wildman–Crippen LogP) is 3.22. The van der Waals surface area contributed by atoms with Gasteiger partial charge in [-0.1, -0.05) is 30.3 Å². The normalized spacial score (nSPS) is 10.1. The lowest BCUT2D eigenvalue weighted by Crippen LogP contribution is -2.17. The Kier molecular flexibility index (Phi) is 5.05. The number of nitrogens with zero attached hydrogens (tertiary/aromatic N) is 2. The molecule has 3 N–H and O–H groups in total. The Morgan fingerprint density at radius 1 is 1.04 bits per heavy atom. The van der Waals surface area contributed by atoms with Crippen molar-refractivity contribution in [1.82, 2.24) is 4.98 Å². The maximum atomic E-state index is 13.8. The van der Waals surface area contributed by atoms with Gasteiger partial charge in [0.15, 0.2) is 11.6 Å². The smallest absolute Gasteiger partial charge is 0.268 e. The molecule has 0 radical (unpaired) electrons. The van der Waals surface area contributed by atoms with Crippen LogP contribution in [-0.4, -0.2) is 4.98 Å². The number of hydrogen-bond donors (Lipinski definition) is 2. The summed E-state index contributed by atoms with van der Waals surface area (Å²) in [5, 5.41) is 18.8. The van der Waals surface area contributed by atoms with E-state index in [-0.39, 0.29) is 34.9 Å². The maximum Gasteiger partial charge on any atom is 0.268 e. The molecule has 8 heteroatoms. The number of rotatable bonds is 4. The molecule has 0 unspecified atom stereocenters. The Morgan fingerprint density at radius 2 is 1.75 bits per heavy atom. The highest BCUT2D eigenvalue weighted by atomic mass is 19.2. The number of nitrogens with one attached hydrogen (secondary N) is 1. The number of hydrogen-bond acceptors (Lipinski definition) is 5. The van der Waals surface area contributed by atoms with E-state index in [1.54, 1.807) is 30.3 Å². The molecule has 0 saturated carbocycles. The lowest BCUT2D eigenvalue weighted by molar-refractivity contribution is 0.285. The van der Waals surface area contributed by atoms with Crippen molar-refractivity contribution in [3.63, 3.8) is 0 Å².